The number of ether oxygens (including phenoxy) is 1. The topological polar surface area (TPSA) is 49.9 Å². The molecule has 0 amide bonds. The molecule has 1 atom stereocenters. The molecule has 1 aliphatic rings. The zero-order valence-electron chi connectivity index (χ0n) is 10.4. The molecule has 94 valence electrons. The Labute approximate surface area is 106 Å². The Kier molecular flexibility index (Phi) is 3.02. The maximum absolute atomic E-state index is 5.46. The molecule has 18 heavy (non-hydrogen) atoms. The number of benzene rings is 1. The number of imidazole rings is 1. The van der Waals surface area contributed by atoms with Crippen LogP contribution in [0.4, 0.5) is 0 Å². The van der Waals surface area contributed by atoms with Gasteiger partial charge in [-0.15, -0.1) is 0 Å². The number of H-pyrrole nitrogens is 1. The molecule has 0 fully saturated rings. The Hall–Kier alpha value is -1.81. The van der Waals surface area contributed by atoms with Gasteiger partial charge >= 0.3 is 0 Å². The highest BCUT2D eigenvalue weighted by atomic mass is 16.5. The van der Waals surface area contributed by atoms with E-state index in [9.17, 15) is 0 Å². The van der Waals surface area contributed by atoms with Crippen LogP contribution in [0, 0.1) is 0 Å². The zero-order chi connectivity index (χ0) is 12.4. The number of aromatic amines is 1. The molecule has 0 saturated carbocycles. The molecule has 0 aliphatic carbocycles. The van der Waals surface area contributed by atoms with E-state index in [1.54, 1.807) is 6.33 Å². The van der Waals surface area contributed by atoms with Gasteiger partial charge in [0.1, 0.15) is 5.75 Å². The third-order valence-corrected chi connectivity index (χ3v) is 3.27. The molecule has 1 aromatic carbocycles. The minimum atomic E-state index is 0.190. The Bertz CT molecular complexity index is 518. The van der Waals surface area contributed by atoms with Gasteiger partial charge in [0.15, 0.2) is 0 Å². The maximum Gasteiger partial charge on any atom is 0.119 e. The summed E-state index contributed by atoms with van der Waals surface area (Å²) in [5, 5.41) is 3.51. The summed E-state index contributed by atoms with van der Waals surface area (Å²) in [6.45, 7) is 3.67. The Morgan fingerprint density at radius 2 is 2.17 bits per heavy atom. The minimum Gasteiger partial charge on any atom is -0.494 e. The number of hydrogen-bond acceptors (Lipinski definition) is 3. The van der Waals surface area contributed by atoms with Crippen molar-refractivity contribution in [2.45, 2.75) is 19.4 Å². The molecule has 0 radical (unpaired) electrons. The number of nitrogens with one attached hydrogen (secondary N) is 2. The second-order valence-corrected chi connectivity index (χ2v) is 4.41. The number of rotatable bonds is 3. The van der Waals surface area contributed by atoms with Crippen LogP contribution in [0.1, 0.15) is 29.9 Å². The summed E-state index contributed by atoms with van der Waals surface area (Å²) in [5.41, 5.74) is 3.59. The Morgan fingerprint density at radius 3 is 2.94 bits per heavy atom. The van der Waals surface area contributed by atoms with Gasteiger partial charge < -0.3 is 15.0 Å². The van der Waals surface area contributed by atoms with Crippen molar-refractivity contribution in [1.29, 1.82) is 0 Å². The van der Waals surface area contributed by atoms with E-state index >= 15 is 0 Å². The van der Waals surface area contributed by atoms with Crippen molar-refractivity contribution in [2.75, 3.05) is 13.2 Å². The Morgan fingerprint density at radius 1 is 1.33 bits per heavy atom. The number of hydrogen-bond donors (Lipinski definition) is 2. The summed E-state index contributed by atoms with van der Waals surface area (Å²) in [6.07, 6.45) is 2.79. The second kappa shape index (κ2) is 4.82. The first-order chi connectivity index (χ1) is 8.88. The normalized spacial score (nSPS) is 18.4. The second-order valence-electron chi connectivity index (χ2n) is 4.41. The fraction of sp³-hybridized carbons (Fsp3) is 0.357. The first-order valence-electron chi connectivity index (χ1n) is 6.36. The van der Waals surface area contributed by atoms with Gasteiger partial charge in [-0.1, -0.05) is 12.1 Å². The molecule has 2 aromatic rings. The molecule has 0 unspecified atom stereocenters. The summed E-state index contributed by atoms with van der Waals surface area (Å²) >= 11 is 0. The largest absolute Gasteiger partial charge is 0.494 e. The van der Waals surface area contributed by atoms with Crippen LogP contribution in [0.25, 0.3) is 0 Å². The molecule has 2 N–H and O–H groups in total. The average molecular weight is 243 g/mol. The van der Waals surface area contributed by atoms with Gasteiger partial charge in [-0.2, -0.15) is 0 Å². The molecular formula is C14H17N3O. The molecule has 4 heteroatoms. The number of nitrogens with zero attached hydrogens (tertiary/aromatic N) is 1. The van der Waals surface area contributed by atoms with Crippen molar-refractivity contribution >= 4 is 0 Å². The number of aromatic nitrogens is 2. The van der Waals surface area contributed by atoms with Crippen LogP contribution in [0.15, 0.2) is 30.6 Å². The molecule has 0 saturated heterocycles. The first-order valence-corrected chi connectivity index (χ1v) is 6.36. The maximum atomic E-state index is 5.46. The average Bonchev–Trinajstić information content (AvgIpc) is 2.88. The van der Waals surface area contributed by atoms with E-state index in [0.29, 0.717) is 6.61 Å². The molecular weight excluding hydrogens is 226 g/mol. The highest BCUT2D eigenvalue weighted by Crippen LogP contribution is 2.27. The highest BCUT2D eigenvalue weighted by Gasteiger charge is 2.23. The summed E-state index contributed by atoms with van der Waals surface area (Å²) in [7, 11) is 0. The Balaban J connectivity index is 1.88. The molecule has 1 aliphatic heterocycles. The van der Waals surface area contributed by atoms with Crippen molar-refractivity contribution in [3.8, 4) is 5.75 Å². The monoisotopic (exact) mass is 243 g/mol. The number of fused-ring (bicyclic) bond motifs is 1. The van der Waals surface area contributed by atoms with E-state index in [2.05, 4.69) is 27.4 Å². The van der Waals surface area contributed by atoms with Crippen LogP contribution in [0.5, 0.6) is 5.75 Å². The van der Waals surface area contributed by atoms with Gasteiger partial charge in [0.25, 0.3) is 0 Å². The van der Waals surface area contributed by atoms with Crippen molar-refractivity contribution in [3.63, 3.8) is 0 Å². The predicted octanol–water partition coefficient (Wildman–Crippen LogP) is 2.04. The quantitative estimate of drug-likeness (QED) is 0.867. The summed E-state index contributed by atoms with van der Waals surface area (Å²) in [5.74, 6) is 0.916. The lowest BCUT2D eigenvalue weighted by atomic mass is 9.98. The van der Waals surface area contributed by atoms with Gasteiger partial charge in [-0.3, -0.25) is 0 Å². The van der Waals surface area contributed by atoms with E-state index in [-0.39, 0.29) is 6.04 Å². The summed E-state index contributed by atoms with van der Waals surface area (Å²) in [4.78, 5) is 7.64. The lowest BCUT2D eigenvalue weighted by molar-refractivity contribution is 0.340. The lowest BCUT2D eigenvalue weighted by Crippen LogP contribution is -2.30. The van der Waals surface area contributed by atoms with Crippen LogP contribution >= 0.6 is 0 Å². The van der Waals surface area contributed by atoms with Crippen molar-refractivity contribution in [2.24, 2.45) is 0 Å². The van der Waals surface area contributed by atoms with E-state index in [1.807, 2.05) is 19.1 Å². The smallest absolute Gasteiger partial charge is 0.119 e. The molecule has 0 bridgehead atoms. The SMILES string of the molecule is CCOc1ccc([C@@H]2NCCc3[nH]cnc32)cc1. The molecule has 4 nitrogen and oxygen atoms in total. The zero-order valence-corrected chi connectivity index (χ0v) is 10.4. The molecule has 0 spiro atoms. The van der Waals surface area contributed by atoms with E-state index < -0.39 is 0 Å². The van der Waals surface area contributed by atoms with Crippen LogP contribution in [-0.4, -0.2) is 23.1 Å². The summed E-state index contributed by atoms with van der Waals surface area (Å²) in [6, 6.07) is 8.43. The third kappa shape index (κ3) is 1.99. The molecule has 3 rings (SSSR count). The highest BCUT2D eigenvalue weighted by molar-refractivity contribution is 5.35. The lowest BCUT2D eigenvalue weighted by Gasteiger charge is -2.23. The molecule has 1 aromatic heterocycles. The predicted molar refractivity (Wildman–Crippen MR) is 69.7 cm³/mol. The van der Waals surface area contributed by atoms with Crippen LogP contribution < -0.4 is 10.1 Å². The van der Waals surface area contributed by atoms with Crippen molar-refractivity contribution < 1.29 is 4.74 Å². The van der Waals surface area contributed by atoms with E-state index in [4.69, 9.17) is 4.74 Å². The fourth-order valence-electron chi connectivity index (χ4n) is 2.42. The van der Waals surface area contributed by atoms with Crippen LogP contribution in [-0.2, 0) is 6.42 Å². The van der Waals surface area contributed by atoms with Crippen LogP contribution in [0.2, 0.25) is 0 Å². The van der Waals surface area contributed by atoms with Gasteiger partial charge in [0.2, 0.25) is 0 Å². The minimum absolute atomic E-state index is 0.190. The van der Waals surface area contributed by atoms with E-state index in [0.717, 1.165) is 24.4 Å². The molecule has 2 heterocycles. The van der Waals surface area contributed by atoms with E-state index in [1.165, 1.54) is 11.3 Å². The first kappa shape index (κ1) is 11.3. The summed E-state index contributed by atoms with van der Waals surface area (Å²) < 4.78 is 5.46. The van der Waals surface area contributed by atoms with Crippen LogP contribution in [0.3, 0.4) is 0 Å². The standard InChI is InChI=1S/C14H17N3O/c1-2-18-11-5-3-10(4-6-11)13-14-12(7-8-15-13)16-9-17-14/h3-6,9,13,15H,2,7-8H2,1H3,(H,16,17)/t13-/m0/s1. The van der Waals surface area contributed by atoms with Gasteiger partial charge in [-0.05, 0) is 24.6 Å². The van der Waals surface area contributed by atoms with Gasteiger partial charge in [-0.25, -0.2) is 4.98 Å². The van der Waals surface area contributed by atoms with Crippen molar-refractivity contribution in [1.82, 2.24) is 15.3 Å². The van der Waals surface area contributed by atoms with Crippen molar-refractivity contribution in [3.05, 3.63) is 47.5 Å². The van der Waals surface area contributed by atoms with Gasteiger partial charge in [0.05, 0.1) is 24.7 Å². The fourth-order valence-corrected chi connectivity index (χ4v) is 2.42. The van der Waals surface area contributed by atoms with Gasteiger partial charge in [0, 0.05) is 18.7 Å². The third-order valence-electron chi connectivity index (χ3n) is 3.27.